The molecule has 178 valence electrons. The van der Waals surface area contributed by atoms with E-state index in [4.69, 9.17) is 14.2 Å². The fourth-order valence-corrected chi connectivity index (χ4v) is 3.74. The molecule has 2 aromatic carbocycles. The van der Waals surface area contributed by atoms with Gasteiger partial charge in [-0.15, -0.1) is 0 Å². The van der Waals surface area contributed by atoms with E-state index in [0.717, 1.165) is 30.6 Å². The molecule has 33 heavy (non-hydrogen) atoms. The topological polar surface area (TPSA) is 77.1 Å². The van der Waals surface area contributed by atoms with Crippen LogP contribution in [-0.4, -0.2) is 55.3 Å². The number of nitrogens with zero attached hydrogens (tertiary/aromatic N) is 1. The number of nitrogens with one attached hydrogen (secondary N) is 1. The Morgan fingerprint density at radius 1 is 1.09 bits per heavy atom. The third kappa shape index (κ3) is 7.14. The van der Waals surface area contributed by atoms with Crippen molar-refractivity contribution in [3.8, 4) is 11.5 Å². The Hall–Kier alpha value is -3.22. The van der Waals surface area contributed by atoms with E-state index in [-0.39, 0.29) is 18.1 Å². The maximum atomic E-state index is 12.8. The predicted molar refractivity (Wildman–Crippen MR) is 127 cm³/mol. The first-order valence-corrected chi connectivity index (χ1v) is 11.4. The third-order valence-corrected chi connectivity index (χ3v) is 5.28. The summed E-state index contributed by atoms with van der Waals surface area (Å²) in [5, 5.41) is 2.92. The van der Waals surface area contributed by atoms with Gasteiger partial charge in [-0.3, -0.25) is 4.79 Å². The number of carbonyl (C=O) groups excluding carboxylic acids is 2. The largest absolute Gasteiger partial charge is 0.496 e. The minimum absolute atomic E-state index is 0.0971. The zero-order valence-corrected chi connectivity index (χ0v) is 19.9. The summed E-state index contributed by atoms with van der Waals surface area (Å²) < 4.78 is 16.9. The minimum atomic E-state index is -0.572. The molecule has 2 amide bonds. The minimum Gasteiger partial charge on any atom is -0.496 e. The van der Waals surface area contributed by atoms with E-state index in [9.17, 15) is 9.59 Å². The van der Waals surface area contributed by atoms with Gasteiger partial charge in [-0.05, 0) is 57.4 Å². The molecule has 1 aliphatic rings. The number of ether oxygens (including phenoxy) is 3. The summed E-state index contributed by atoms with van der Waals surface area (Å²) in [5.74, 6) is 1.25. The fourth-order valence-electron chi connectivity index (χ4n) is 3.74. The van der Waals surface area contributed by atoms with Gasteiger partial charge in [0.05, 0.1) is 19.2 Å². The molecule has 0 aromatic heterocycles. The summed E-state index contributed by atoms with van der Waals surface area (Å²) in [7, 11) is 1.55. The van der Waals surface area contributed by atoms with Crippen molar-refractivity contribution in [2.75, 3.05) is 26.7 Å². The standard InChI is InChI=1S/C26H34N2O5/c1-26(2,3)33-25(30)28(18-20-17-19-11-5-7-13-22(19)32-20)16-10-9-15-27-24(29)21-12-6-8-14-23(21)31-4/h5-8,11-14,20H,9-10,15-18H2,1-4H3,(H,27,29). The average Bonchev–Trinajstić information content (AvgIpc) is 3.19. The summed E-state index contributed by atoms with van der Waals surface area (Å²) in [6.07, 6.45) is 1.78. The molecule has 1 aliphatic heterocycles. The number of fused-ring (bicyclic) bond motifs is 1. The lowest BCUT2D eigenvalue weighted by Gasteiger charge is -2.29. The van der Waals surface area contributed by atoms with Gasteiger partial charge in [0.25, 0.3) is 5.91 Å². The van der Waals surface area contributed by atoms with Crippen LogP contribution in [0.5, 0.6) is 11.5 Å². The first kappa shape index (κ1) is 24.4. The highest BCUT2D eigenvalue weighted by molar-refractivity contribution is 5.96. The van der Waals surface area contributed by atoms with Gasteiger partial charge in [-0.1, -0.05) is 30.3 Å². The molecule has 2 aromatic rings. The third-order valence-electron chi connectivity index (χ3n) is 5.28. The molecule has 0 saturated heterocycles. The van der Waals surface area contributed by atoms with Crippen molar-refractivity contribution in [3.63, 3.8) is 0 Å². The van der Waals surface area contributed by atoms with Gasteiger partial charge < -0.3 is 24.4 Å². The maximum Gasteiger partial charge on any atom is 0.410 e. The molecule has 0 radical (unpaired) electrons. The van der Waals surface area contributed by atoms with Crippen LogP contribution in [0.3, 0.4) is 0 Å². The van der Waals surface area contributed by atoms with Crippen LogP contribution in [-0.2, 0) is 11.2 Å². The van der Waals surface area contributed by atoms with Crippen molar-refractivity contribution < 1.29 is 23.8 Å². The van der Waals surface area contributed by atoms with E-state index in [1.54, 1.807) is 30.2 Å². The van der Waals surface area contributed by atoms with Crippen molar-refractivity contribution >= 4 is 12.0 Å². The molecule has 0 bridgehead atoms. The fraction of sp³-hybridized carbons (Fsp3) is 0.462. The molecule has 0 saturated carbocycles. The van der Waals surface area contributed by atoms with Crippen LogP contribution >= 0.6 is 0 Å². The lowest BCUT2D eigenvalue weighted by Crippen LogP contribution is -2.43. The molecule has 1 atom stereocenters. The Morgan fingerprint density at radius 2 is 1.82 bits per heavy atom. The van der Waals surface area contributed by atoms with Gasteiger partial charge in [0.2, 0.25) is 0 Å². The Labute approximate surface area is 196 Å². The molecule has 0 spiro atoms. The molecular formula is C26H34N2O5. The quantitative estimate of drug-likeness (QED) is 0.567. The SMILES string of the molecule is COc1ccccc1C(=O)NCCCCN(CC1Cc2ccccc2O1)C(=O)OC(C)(C)C. The second-order valence-corrected chi connectivity index (χ2v) is 9.14. The molecule has 7 nitrogen and oxygen atoms in total. The number of hydrogen-bond donors (Lipinski definition) is 1. The number of benzene rings is 2. The first-order chi connectivity index (χ1) is 15.8. The van der Waals surface area contributed by atoms with E-state index < -0.39 is 5.60 Å². The number of rotatable bonds is 9. The summed E-state index contributed by atoms with van der Waals surface area (Å²) in [5.41, 5.74) is 1.09. The average molecular weight is 455 g/mol. The Kier molecular flexibility index (Phi) is 8.20. The highest BCUT2D eigenvalue weighted by Crippen LogP contribution is 2.28. The van der Waals surface area contributed by atoms with Crippen LogP contribution in [0.2, 0.25) is 0 Å². The van der Waals surface area contributed by atoms with E-state index in [1.807, 2.05) is 45.0 Å². The van der Waals surface area contributed by atoms with Gasteiger partial charge >= 0.3 is 6.09 Å². The van der Waals surface area contributed by atoms with Crippen molar-refractivity contribution in [1.82, 2.24) is 10.2 Å². The van der Waals surface area contributed by atoms with E-state index in [2.05, 4.69) is 11.4 Å². The Bertz CT molecular complexity index is 929. The summed E-state index contributed by atoms with van der Waals surface area (Å²) in [6, 6.07) is 15.1. The van der Waals surface area contributed by atoms with E-state index in [1.165, 1.54) is 0 Å². The van der Waals surface area contributed by atoms with Crippen molar-refractivity contribution in [2.24, 2.45) is 0 Å². The number of methoxy groups -OCH3 is 1. The van der Waals surface area contributed by atoms with Crippen molar-refractivity contribution in [1.29, 1.82) is 0 Å². The smallest absolute Gasteiger partial charge is 0.410 e. The molecule has 1 heterocycles. The number of hydrogen-bond acceptors (Lipinski definition) is 5. The maximum absolute atomic E-state index is 12.8. The normalized spacial score (nSPS) is 14.7. The molecule has 1 N–H and O–H groups in total. The molecule has 0 aliphatic carbocycles. The van der Waals surface area contributed by atoms with E-state index in [0.29, 0.717) is 30.9 Å². The highest BCUT2D eigenvalue weighted by Gasteiger charge is 2.29. The van der Waals surface area contributed by atoms with Crippen LogP contribution in [0.25, 0.3) is 0 Å². The lowest BCUT2D eigenvalue weighted by atomic mass is 10.1. The first-order valence-electron chi connectivity index (χ1n) is 11.4. The monoisotopic (exact) mass is 454 g/mol. The highest BCUT2D eigenvalue weighted by atomic mass is 16.6. The molecule has 7 heteroatoms. The Morgan fingerprint density at radius 3 is 2.55 bits per heavy atom. The van der Waals surface area contributed by atoms with Gasteiger partial charge in [-0.25, -0.2) is 4.79 Å². The molecular weight excluding hydrogens is 420 g/mol. The van der Waals surface area contributed by atoms with Crippen LogP contribution in [0, 0.1) is 0 Å². The van der Waals surface area contributed by atoms with Crippen LogP contribution in [0.15, 0.2) is 48.5 Å². The predicted octanol–water partition coefficient (Wildman–Crippen LogP) is 4.45. The second kappa shape index (κ2) is 11.1. The molecule has 1 unspecified atom stereocenters. The molecule has 0 fully saturated rings. The van der Waals surface area contributed by atoms with Crippen LogP contribution < -0.4 is 14.8 Å². The zero-order valence-electron chi connectivity index (χ0n) is 19.9. The van der Waals surface area contributed by atoms with Gasteiger partial charge in [0.15, 0.2) is 0 Å². The van der Waals surface area contributed by atoms with E-state index >= 15 is 0 Å². The van der Waals surface area contributed by atoms with Gasteiger partial charge in [-0.2, -0.15) is 0 Å². The number of amides is 2. The Balaban J connectivity index is 1.50. The molecule has 3 rings (SSSR count). The van der Waals surface area contributed by atoms with Crippen molar-refractivity contribution in [2.45, 2.75) is 51.7 Å². The van der Waals surface area contributed by atoms with Crippen LogP contribution in [0.4, 0.5) is 4.79 Å². The number of para-hydroxylation sites is 2. The van der Waals surface area contributed by atoms with Gasteiger partial charge in [0, 0.05) is 19.5 Å². The lowest BCUT2D eigenvalue weighted by molar-refractivity contribution is 0.0179. The summed E-state index contributed by atoms with van der Waals surface area (Å²) in [4.78, 5) is 27.0. The number of unbranched alkanes of at least 4 members (excludes halogenated alkanes) is 1. The summed E-state index contributed by atoms with van der Waals surface area (Å²) in [6.45, 7) is 7.06. The van der Waals surface area contributed by atoms with Crippen LogP contribution in [0.1, 0.15) is 49.5 Å². The van der Waals surface area contributed by atoms with Gasteiger partial charge in [0.1, 0.15) is 23.2 Å². The number of carbonyl (C=O) groups is 2. The second-order valence-electron chi connectivity index (χ2n) is 9.14. The summed E-state index contributed by atoms with van der Waals surface area (Å²) >= 11 is 0. The van der Waals surface area contributed by atoms with Crippen molar-refractivity contribution in [3.05, 3.63) is 59.7 Å². The zero-order chi connectivity index (χ0) is 23.8.